The summed E-state index contributed by atoms with van der Waals surface area (Å²) < 4.78 is 0. The van der Waals surface area contributed by atoms with Gasteiger partial charge in [0.2, 0.25) is 11.0 Å². The maximum absolute atomic E-state index is 11.8. The molecule has 1 saturated heterocycles. The van der Waals surface area contributed by atoms with E-state index < -0.39 is 0 Å². The lowest BCUT2D eigenvalue weighted by molar-refractivity contribution is -0.116. The first-order valence-electron chi connectivity index (χ1n) is 7.23. The minimum absolute atomic E-state index is 0.0666. The van der Waals surface area contributed by atoms with Gasteiger partial charge < -0.3 is 10.2 Å². The van der Waals surface area contributed by atoms with Crippen LogP contribution in [0.2, 0.25) is 0 Å². The number of hydrogen-bond acceptors (Lipinski definition) is 6. The van der Waals surface area contributed by atoms with Crippen LogP contribution in [-0.4, -0.2) is 45.1 Å². The van der Waals surface area contributed by atoms with E-state index in [1.54, 1.807) is 4.90 Å². The van der Waals surface area contributed by atoms with E-state index in [0.29, 0.717) is 18.1 Å². The summed E-state index contributed by atoms with van der Waals surface area (Å²) >= 11 is 2.74. The second kappa shape index (κ2) is 8.33. The minimum Gasteiger partial charge on any atom is -0.332 e. The third kappa shape index (κ3) is 5.28. The van der Waals surface area contributed by atoms with Crippen LogP contribution in [0.5, 0.6) is 0 Å². The number of unbranched alkanes of at least 4 members (excludes halogenated alkanes) is 2. The number of anilines is 1. The molecule has 1 fully saturated rings. The molecule has 0 atom stereocenters. The number of nitrogens with zero attached hydrogens (tertiary/aromatic N) is 3. The number of aromatic nitrogens is 2. The fourth-order valence-electron chi connectivity index (χ4n) is 1.98. The molecule has 0 spiro atoms. The van der Waals surface area contributed by atoms with Gasteiger partial charge in [0, 0.05) is 31.7 Å². The Morgan fingerprint density at radius 3 is 2.95 bits per heavy atom. The van der Waals surface area contributed by atoms with Crippen LogP contribution >= 0.6 is 23.1 Å². The number of carbonyl (C=O) groups is 2. The Bertz CT molecular complexity index is 492. The predicted octanol–water partition coefficient (Wildman–Crippen LogP) is 2.77. The molecule has 1 aromatic heterocycles. The quantitative estimate of drug-likeness (QED) is 0.743. The topological polar surface area (TPSA) is 75.2 Å². The fraction of sp³-hybridized carbons (Fsp3) is 0.692. The van der Waals surface area contributed by atoms with Gasteiger partial charge >= 0.3 is 0 Å². The van der Waals surface area contributed by atoms with Crippen LogP contribution in [0.25, 0.3) is 0 Å². The highest BCUT2D eigenvalue weighted by Crippen LogP contribution is 2.19. The van der Waals surface area contributed by atoms with Gasteiger partial charge in [-0.1, -0.05) is 42.9 Å². The molecule has 2 amide bonds. The van der Waals surface area contributed by atoms with Crippen molar-refractivity contribution in [3.05, 3.63) is 5.01 Å². The number of aryl methyl sites for hydroxylation is 1. The highest BCUT2D eigenvalue weighted by atomic mass is 32.2. The van der Waals surface area contributed by atoms with Gasteiger partial charge in [0.25, 0.3) is 5.24 Å². The molecule has 1 N–H and O–H groups in total. The predicted molar refractivity (Wildman–Crippen MR) is 85.8 cm³/mol. The number of carbonyl (C=O) groups excluding carboxylic acids is 2. The smallest absolute Gasteiger partial charge is 0.281 e. The van der Waals surface area contributed by atoms with Gasteiger partial charge in [-0.2, -0.15) is 0 Å². The molecule has 116 valence electrons. The summed E-state index contributed by atoms with van der Waals surface area (Å²) in [5.74, 6) is 0.703. The van der Waals surface area contributed by atoms with Gasteiger partial charge in [0.05, 0.1) is 0 Å². The zero-order chi connectivity index (χ0) is 15.1. The van der Waals surface area contributed by atoms with Crippen LogP contribution in [-0.2, 0) is 11.2 Å². The number of rotatable bonds is 8. The molecule has 1 aliphatic heterocycles. The number of amides is 2. The Morgan fingerprint density at radius 2 is 2.24 bits per heavy atom. The number of thioether (sulfide) groups is 1. The van der Waals surface area contributed by atoms with E-state index in [-0.39, 0.29) is 11.1 Å². The SMILES string of the molecule is CCCCCc1nnc(NC(=O)CCN2CCSC2=O)s1. The normalized spacial score (nSPS) is 14.7. The van der Waals surface area contributed by atoms with Crippen LogP contribution in [0.4, 0.5) is 9.93 Å². The summed E-state index contributed by atoms with van der Waals surface area (Å²) in [5, 5.41) is 12.4. The Labute approximate surface area is 132 Å². The second-order valence-corrected chi connectivity index (χ2v) is 6.97. The number of nitrogens with one attached hydrogen (secondary N) is 1. The lowest BCUT2D eigenvalue weighted by Crippen LogP contribution is -2.27. The van der Waals surface area contributed by atoms with Crippen molar-refractivity contribution in [3.8, 4) is 0 Å². The standard InChI is InChI=1S/C13H20N4O2S2/c1-2-3-4-5-11-15-16-12(21-11)14-10(18)6-7-17-8-9-20-13(17)19/h2-9H2,1H3,(H,14,16,18). The van der Waals surface area contributed by atoms with Crippen molar-refractivity contribution in [2.45, 2.75) is 39.0 Å². The van der Waals surface area contributed by atoms with Crippen molar-refractivity contribution >= 4 is 39.4 Å². The summed E-state index contributed by atoms with van der Waals surface area (Å²) in [6.07, 6.45) is 4.69. The molecule has 21 heavy (non-hydrogen) atoms. The molecule has 1 aliphatic rings. The van der Waals surface area contributed by atoms with Crippen LogP contribution in [0.1, 0.15) is 37.6 Å². The second-order valence-electron chi connectivity index (χ2n) is 4.86. The minimum atomic E-state index is -0.115. The largest absolute Gasteiger partial charge is 0.332 e. The molecular weight excluding hydrogens is 308 g/mol. The number of hydrogen-bond donors (Lipinski definition) is 1. The molecular formula is C13H20N4O2S2. The van der Waals surface area contributed by atoms with Crippen molar-refractivity contribution in [2.75, 3.05) is 24.2 Å². The summed E-state index contributed by atoms with van der Waals surface area (Å²) in [6.45, 7) is 3.37. The summed E-state index contributed by atoms with van der Waals surface area (Å²) in [4.78, 5) is 24.9. The van der Waals surface area contributed by atoms with Crippen molar-refractivity contribution in [1.82, 2.24) is 15.1 Å². The average molecular weight is 328 g/mol. The van der Waals surface area contributed by atoms with E-state index in [4.69, 9.17) is 0 Å². The third-order valence-electron chi connectivity index (χ3n) is 3.16. The zero-order valence-corrected chi connectivity index (χ0v) is 13.8. The molecule has 2 heterocycles. The van der Waals surface area contributed by atoms with Crippen LogP contribution in [0, 0.1) is 0 Å². The van der Waals surface area contributed by atoms with Crippen LogP contribution in [0.15, 0.2) is 0 Å². The monoisotopic (exact) mass is 328 g/mol. The van der Waals surface area contributed by atoms with Crippen molar-refractivity contribution in [1.29, 1.82) is 0 Å². The molecule has 0 aliphatic carbocycles. The van der Waals surface area contributed by atoms with Gasteiger partial charge in [0.15, 0.2) is 0 Å². The first kappa shape index (κ1) is 16.2. The molecule has 0 aromatic carbocycles. The molecule has 8 heteroatoms. The molecule has 0 bridgehead atoms. The van der Waals surface area contributed by atoms with Gasteiger partial charge in [0.1, 0.15) is 5.01 Å². The lowest BCUT2D eigenvalue weighted by Gasteiger charge is -2.13. The Morgan fingerprint density at radius 1 is 1.38 bits per heavy atom. The van der Waals surface area contributed by atoms with E-state index in [0.717, 1.165) is 30.1 Å². The molecule has 0 radical (unpaired) electrons. The van der Waals surface area contributed by atoms with Gasteiger partial charge in [-0.15, -0.1) is 10.2 Å². The first-order chi connectivity index (χ1) is 10.2. The maximum Gasteiger partial charge on any atom is 0.281 e. The highest BCUT2D eigenvalue weighted by molar-refractivity contribution is 8.13. The van der Waals surface area contributed by atoms with E-state index in [1.165, 1.54) is 35.9 Å². The summed E-state index contributed by atoms with van der Waals surface area (Å²) in [7, 11) is 0. The Hall–Kier alpha value is -1.15. The summed E-state index contributed by atoms with van der Waals surface area (Å²) in [6, 6.07) is 0. The van der Waals surface area contributed by atoms with Crippen molar-refractivity contribution in [3.63, 3.8) is 0 Å². The van der Waals surface area contributed by atoms with Crippen LogP contribution in [0.3, 0.4) is 0 Å². The summed E-state index contributed by atoms with van der Waals surface area (Å²) in [5.41, 5.74) is 0. The molecule has 0 unspecified atom stereocenters. The molecule has 2 rings (SSSR count). The Kier molecular flexibility index (Phi) is 6.44. The first-order valence-corrected chi connectivity index (χ1v) is 9.03. The maximum atomic E-state index is 11.8. The zero-order valence-electron chi connectivity index (χ0n) is 12.1. The van der Waals surface area contributed by atoms with E-state index in [9.17, 15) is 9.59 Å². The van der Waals surface area contributed by atoms with Crippen molar-refractivity contribution < 1.29 is 9.59 Å². The van der Waals surface area contributed by atoms with Crippen molar-refractivity contribution in [2.24, 2.45) is 0 Å². The van der Waals surface area contributed by atoms with E-state index in [1.807, 2.05) is 0 Å². The Balaban J connectivity index is 1.71. The van der Waals surface area contributed by atoms with Crippen LogP contribution < -0.4 is 5.32 Å². The van der Waals surface area contributed by atoms with E-state index in [2.05, 4.69) is 22.4 Å². The third-order valence-corrected chi connectivity index (χ3v) is 4.95. The van der Waals surface area contributed by atoms with Gasteiger partial charge in [-0.05, 0) is 6.42 Å². The molecule has 6 nitrogen and oxygen atoms in total. The fourth-order valence-corrected chi connectivity index (χ4v) is 3.63. The van der Waals surface area contributed by atoms with E-state index >= 15 is 0 Å². The lowest BCUT2D eigenvalue weighted by atomic mass is 10.2. The highest BCUT2D eigenvalue weighted by Gasteiger charge is 2.21. The molecule has 0 saturated carbocycles. The average Bonchev–Trinajstić information content (AvgIpc) is 3.06. The molecule has 1 aromatic rings. The van der Waals surface area contributed by atoms with Gasteiger partial charge in [-0.3, -0.25) is 9.59 Å². The van der Waals surface area contributed by atoms with Gasteiger partial charge in [-0.25, -0.2) is 0 Å².